The molecule has 2 aromatic rings. The first-order chi connectivity index (χ1) is 14.8. The number of methoxy groups -OCH3 is 4. The summed E-state index contributed by atoms with van der Waals surface area (Å²) in [5, 5.41) is 9.05. The van der Waals surface area contributed by atoms with Crippen molar-refractivity contribution in [3.63, 3.8) is 0 Å². The van der Waals surface area contributed by atoms with Gasteiger partial charge in [-0.1, -0.05) is 24.3 Å². The van der Waals surface area contributed by atoms with Crippen molar-refractivity contribution >= 4 is 18.0 Å². The zero-order valence-electron chi connectivity index (χ0n) is 18.3. The fourth-order valence-electron chi connectivity index (χ4n) is 3.43. The van der Waals surface area contributed by atoms with Gasteiger partial charge in [0.05, 0.1) is 28.4 Å². The van der Waals surface area contributed by atoms with Gasteiger partial charge in [-0.3, -0.25) is 4.79 Å². The van der Waals surface area contributed by atoms with Gasteiger partial charge in [0.25, 0.3) is 0 Å². The molecule has 8 heteroatoms. The van der Waals surface area contributed by atoms with Crippen LogP contribution in [0.1, 0.15) is 35.3 Å². The summed E-state index contributed by atoms with van der Waals surface area (Å²) in [6.07, 6.45) is 1.52. The molecular formula is C23H26O8. The molecule has 0 fully saturated rings. The topological polar surface area (TPSA) is 101 Å². The second-order valence-corrected chi connectivity index (χ2v) is 6.46. The number of carboxylic acids is 1. The van der Waals surface area contributed by atoms with Gasteiger partial charge >= 0.3 is 11.9 Å². The number of hydrogen-bond donors (Lipinski definition) is 1. The molecule has 8 nitrogen and oxygen atoms in total. The van der Waals surface area contributed by atoms with Crippen molar-refractivity contribution in [2.45, 2.75) is 20.0 Å². The van der Waals surface area contributed by atoms with E-state index in [1.807, 2.05) is 0 Å². The second-order valence-electron chi connectivity index (χ2n) is 6.46. The fourth-order valence-corrected chi connectivity index (χ4v) is 3.43. The smallest absolute Gasteiger partial charge is 0.328 e. The first-order valence-electron chi connectivity index (χ1n) is 9.34. The number of carbonyl (C=O) groups is 2. The molecule has 0 bridgehead atoms. The molecule has 0 aliphatic heterocycles. The van der Waals surface area contributed by atoms with Crippen LogP contribution in [0.25, 0.3) is 6.08 Å². The summed E-state index contributed by atoms with van der Waals surface area (Å²) >= 11 is 0. The molecule has 31 heavy (non-hydrogen) atoms. The Morgan fingerprint density at radius 3 is 1.97 bits per heavy atom. The van der Waals surface area contributed by atoms with E-state index in [-0.39, 0.29) is 5.75 Å². The molecule has 1 N–H and O–H groups in total. The van der Waals surface area contributed by atoms with Crippen LogP contribution in [0.5, 0.6) is 23.0 Å². The number of carbonyl (C=O) groups excluding carboxylic acids is 1. The Hall–Kier alpha value is -3.68. The zero-order valence-corrected chi connectivity index (χ0v) is 18.3. The Kier molecular flexibility index (Phi) is 7.90. The third-order valence-corrected chi connectivity index (χ3v) is 4.65. The summed E-state index contributed by atoms with van der Waals surface area (Å²) in [6.45, 7) is 3.08. The molecule has 0 radical (unpaired) electrons. The van der Waals surface area contributed by atoms with E-state index < -0.39 is 18.0 Å². The van der Waals surface area contributed by atoms with Crippen LogP contribution in [0, 0.1) is 6.92 Å². The molecule has 2 aromatic carbocycles. The predicted molar refractivity (Wildman–Crippen MR) is 114 cm³/mol. The summed E-state index contributed by atoms with van der Waals surface area (Å²) in [7, 11) is 5.90. The molecule has 0 aromatic heterocycles. The molecule has 166 valence electrons. The minimum atomic E-state index is -1.10. The SMILES string of the molecule is COc1c(C)c(C(OC(C)=O)c2ccccc2/C=C/C(=O)O)c(OC)c(OC)c1OC. The van der Waals surface area contributed by atoms with Crippen LogP contribution in [-0.4, -0.2) is 45.5 Å². The van der Waals surface area contributed by atoms with Crippen LogP contribution in [0.3, 0.4) is 0 Å². The average Bonchev–Trinajstić information content (AvgIpc) is 2.75. The lowest BCUT2D eigenvalue weighted by molar-refractivity contribution is -0.144. The minimum absolute atomic E-state index is 0.276. The van der Waals surface area contributed by atoms with E-state index in [2.05, 4.69) is 0 Å². The zero-order chi connectivity index (χ0) is 23.1. The predicted octanol–water partition coefficient (Wildman–Crippen LogP) is 3.78. The summed E-state index contributed by atoms with van der Waals surface area (Å²) in [5.74, 6) is -0.314. The standard InChI is InChI=1S/C23H26O8/c1-13-18(21(28-4)23(30-6)22(29-5)19(13)27-3)20(31-14(2)24)16-10-8-7-9-15(16)11-12-17(25)26/h7-12,20H,1-6H3,(H,25,26)/b12-11+. The molecule has 0 spiro atoms. The maximum Gasteiger partial charge on any atom is 0.328 e. The van der Waals surface area contributed by atoms with Gasteiger partial charge in [-0.15, -0.1) is 0 Å². The van der Waals surface area contributed by atoms with Crippen LogP contribution in [0.4, 0.5) is 0 Å². The summed E-state index contributed by atoms with van der Waals surface area (Å²) in [6, 6.07) is 7.00. The molecule has 0 amide bonds. The Morgan fingerprint density at radius 1 is 0.903 bits per heavy atom. The van der Waals surface area contributed by atoms with Gasteiger partial charge in [0.2, 0.25) is 11.5 Å². The quantitative estimate of drug-likeness (QED) is 0.474. The van der Waals surface area contributed by atoms with Gasteiger partial charge < -0.3 is 28.8 Å². The number of ether oxygens (including phenoxy) is 5. The maximum atomic E-state index is 12.1. The molecule has 0 saturated carbocycles. The summed E-state index contributed by atoms with van der Waals surface area (Å²) in [5.41, 5.74) is 2.22. The minimum Gasteiger partial charge on any atom is -0.492 e. The highest BCUT2D eigenvalue weighted by molar-refractivity contribution is 5.85. The third kappa shape index (κ3) is 4.91. The highest BCUT2D eigenvalue weighted by Crippen LogP contribution is 2.52. The highest BCUT2D eigenvalue weighted by atomic mass is 16.6. The van der Waals surface area contributed by atoms with E-state index in [0.29, 0.717) is 39.5 Å². The van der Waals surface area contributed by atoms with Gasteiger partial charge in [-0.25, -0.2) is 4.79 Å². The van der Waals surface area contributed by atoms with Crippen LogP contribution in [0.2, 0.25) is 0 Å². The number of aliphatic carboxylic acids is 1. The fraction of sp³-hybridized carbons (Fsp3) is 0.304. The van der Waals surface area contributed by atoms with E-state index in [4.69, 9.17) is 28.8 Å². The van der Waals surface area contributed by atoms with Crippen LogP contribution >= 0.6 is 0 Å². The Morgan fingerprint density at radius 2 is 1.45 bits per heavy atom. The van der Waals surface area contributed by atoms with Crippen LogP contribution in [-0.2, 0) is 14.3 Å². The summed E-state index contributed by atoms with van der Waals surface area (Å²) in [4.78, 5) is 23.1. The molecule has 0 aliphatic carbocycles. The number of benzene rings is 2. The Bertz CT molecular complexity index is 994. The Labute approximate surface area is 180 Å². The third-order valence-electron chi connectivity index (χ3n) is 4.65. The monoisotopic (exact) mass is 430 g/mol. The largest absolute Gasteiger partial charge is 0.492 e. The number of esters is 1. The van der Waals surface area contributed by atoms with Gasteiger partial charge in [0.1, 0.15) is 0 Å². The normalized spacial score (nSPS) is 11.7. The molecule has 0 aliphatic rings. The second kappa shape index (κ2) is 10.4. The lowest BCUT2D eigenvalue weighted by Gasteiger charge is -2.27. The van der Waals surface area contributed by atoms with Gasteiger partial charge in [0.15, 0.2) is 17.6 Å². The van der Waals surface area contributed by atoms with Crippen molar-refractivity contribution in [1.82, 2.24) is 0 Å². The van der Waals surface area contributed by atoms with Crippen molar-refractivity contribution in [1.29, 1.82) is 0 Å². The molecular weight excluding hydrogens is 404 g/mol. The van der Waals surface area contributed by atoms with E-state index in [0.717, 1.165) is 6.08 Å². The van der Waals surface area contributed by atoms with Gasteiger partial charge in [-0.05, 0) is 18.6 Å². The van der Waals surface area contributed by atoms with Crippen molar-refractivity contribution in [3.05, 3.63) is 52.6 Å². The number of rotatable bonds is 9. The molecule has 0 saturated heterocycles. The van der Waals surface area contributed by atoms with Crippen molar-refractivity contribution in [3.8, 4) is 23.0 Å². The van der Waals surface area contributed by atoms with Crippen molar-refractivity contribution in [2.24, 2.45) is 0 Å². The summed E-state index contributed by atoms with van der Waals surface area (Å²) < 4.78 is 27.9. The number of hydrogen-bond acceptors (Lipinski definition) is 7. The first-order valence-corrected chi connectivity index (χ1v) is 9.34. The van der Waals surface area contributed by atoms with Crippen LogP contribution < -0.4 is 18.9 Å². The van der Waals surface area contributed by atoms with Gasteiger partial charge in [-0.2, -0.15) is 0 Å². The Balaban J connectivity index is 2.91. The molecule has 1 atom stereocenters. The highest BCUT2D eigenvalue weighted by Gasteiger charge is 2.33. The molecule has 0 heterocycles. The average molecular weight is 430 g/mol. The van der Waals surface area contributed by atoms with Crippen molar-refractivity contribution < 1.29 is 38.4 Å². The molecule has 1 unspecified atom stereocenters. The van der Waals surface area contributed by atoms with Crippen LogP contribution in [0.15, 0.2) is 30.3 Å². The lowest BCUT2D eigenvalue weighted by atomic mass is 9.91. The van der Waals surface area contributed by atoms with Crippen molar-refractivity contribution in [2.75, 3.05) is 28.4 Å². The van der Waals surface area contributed by atoms with E-state index >= 15 is 0 Å². The van der Waals surface area contributed by atoms with Gasteiger partial charge in [0, 0.05) is 29.7 Å². The number of carboxylic acid groups (broad SMARTS) is 1. The van der Waals surface area contributed by atoms with E-state index in [9.17, 15) is 9.59 Å². The van der Waals surface area contributed by atoms with E-state index in [1.165, 1.54) is 41.4 Å². The maximum absolute atomic E-state index is 12.1. The van der Waals surface area contributed by atoms with E-state index in [1.54, 1.807) is 31.2 Å². The molecule has 2 rings (SSSR count). The first kappa shape index (κ1) is 23.6. The lowest BCUT2D eigenvalue weighted by Crippen LogP contribution is -2.15.